The van der Waals surface area contributed by atoms with Crippen molar-refractivity contribution in [2.45, 2.75) is 33.0 Å². The topological polar surface area (TPSA) is 72.1 Å². The molecule has 1 aromatic carbocycles. The van der Waals surface area contributed by atoms with Crippen LogP contribution in [-0.4, -0.2) is 25.3 Å². The average molecular weight is 434 g/mol. The lowest BCUT2D eigenvalue weighted by molar-refractivity contribution is 0.662. The van der Waals surface area contributed by atoms with Crippen LogP contribution in [0.1, 0.15) is 35.9 Å². The van der Waals surface area contributed by atoms with Crippen molar-refractivity contribution in [3.63, 3.8) is 0 Å². The zero-order chi connectivity index (χ0) is 21.0. The normalized spacial score (nSPS) is 12.8. The summed E-state index contributed by atoms with van der Waals surface area (Å²) in [7, 11) is 3.81. The summed E-state index contributed by atoms with van der Waals surface area (Å²) in [5.74, 6) is 2.35. The molecule has 2 N–H and O–H groups in total. The van der Waals surface area contributed by atoms with Gasteiger partial charge in [0.15, 0.2) is 11.8 Å². The van der Waals surface area contributed by atoms with Crippen LogP contribution in [0.2, 0.25) is 10.2 Å². The van der Waals surface area contributed by atoms with Crippen molar-refractivity contribution in [2.24, 2.45) is 19.1 Å². The second-order valence-electron chi connectivity index (χ2n) is 6.85. The minimum Gasteiger partial charge on any atom is -0.350 e. The first-order chi connectivity index (χ1) is 13.9. The van der Waals surface area contributed by atoms with Gasteiger partial charge in [0, 0.05) is 19.8 Å². The van der Waals surface area contributed by atoms with E-state index in [1.54, 1.807) is 0 Å². The van der Waals surface area contributed by atoms with Crippen LogP contribution in [0.15, 0.2) is 41.4 Å². The molecule has 154 valence electrons. The van der Waals surface area contributed by atoms with Gasteiger partial charge >= 0.3 is 0 Å². The monoisotopic (exact) mass is 433 g/mol. The van der Waals surface area contributed by atoms with E-state index in [2.05, 4.69) is 39.9 Å². The first kappa shape index (κ1) is 21.2. The minimum absolute atomic E-state index is 0.0734. The van der Waals surface area contributed by atoms with Gasteiger partial charge in [-0.3, -0.25) is 0 Å². The lowest BCUT2D eigenvalue weighted by Crippen LogP contribution is -2.39. The maximum atomic E-state index is 6.17. The molecule has 0 radical (unpaired) electrons. The molecule has 1 atom stereocenters. The SMILES string of the molecule is Cc1nnc(CNC(=NCc2cc(Cl)c(Cl)n2C)NC(C)c2ccccc2)n1C. The standard InChI is InChI=1S/C20H25Cl2N7/c1-13(15-8-6-5-7-9-15)25-20(24-12-18-27-26-14(2)28(18)3)23-11-16-10-17(21)19(22)29(16)4/h5-10,13H,11-12H2,1-4H3,(H2,23,24,25). The fraction of sp³-hybridized carbons (Fsp3) is 0.350. The minimum atomic E-state index is 0.0734. The van der Waals surface area contributed by atoms with Crippen LogP contribution in [0.5, 0.6) is 0 Å². The number of benzene rings is 1. The van der Waals surface area contributed by atoms with Gasteiger partial charge in [0.1, 0.15) is 11.0 Å². The molecule has 0 fully saturated rings. The van der Waals surface area contributed by atoms with E-state index < -0.39 is 0 Å². The summed E-state index contributed by atoms with van der Waals surface area (Å²) in [5.41, 5.74) is 2.09. The molecule has 7 nitrogen and oxygen atoms in total. The van der Waals surface area contributed by atoms with E-state index in [-0.39, 0.29) is 6.04 Å². The Morgan fingerprint density at radius 2 is 1.86 bits per heavy atom. The molecule has 3 aromatic rings. The van der Waals surface area contributed by atoms with Crippen molar-refractivity contribution in [1.82, 2.24) is 30.0 Å². The van der Waals surface area contributed by atoms with Gasteiger partial charge in [0.05, 0.1) is 24.2 Å². The fourth-order valence-corrected chi connectivity index (χ4v) is 3.27. The Labute approximate surface area is 180 Å². The molecule has 0 amide bonds. The van der Waals surface area contributed by atoms with E-state index in [4.69, 9.17) is 28.2 Å². The highest BCUT2D eigenvalue weighted by Gasteiger charge is 2.12. The molecule has 3 rings (SSSR count). The number of aliphatic imine (C=N–C) groups is 1. The van der Waals surface area contributed by atoms with Gasteiger partial charge < -0.3 is 19.8 Å². The number of hydrogen-bond acceptors (Lipinski definition) is 3. The maximum absolute atomic E-state index is 6.17. The zero-order valence-electron chi connectivity index (χ0n) is 16.9. The molecule has 9 heteroatoms. The van der Waals surface area contributed by atoms with Crippen LogP contribution in [-0.2, 0) is 27.2 Å². The van der Waals surface area contributed by atoms with E-state index in [1.165, 1.54) is 5.56 Å². The first-order valence-corrected chi connectivity index (χ1v) is 10.1. The first-order valence-electron chi connectivity index (χ1n) is 9.31. The third-order valence-corrected chi connectivity index (χ3v) is 5.71. The average Bonchev–Trinajstić information content (AvgIpc) is 3.17. The molecular weight excluding hydrogens is 409 g/mol. The summed E-state index contributed by atoms with van der Waals surface area (Å²) in [6.07, 6.45) is 0. The van der Waals surface area contributed by atoms with Crippen LogP contribution in [0.25, 0.3) is 0 Å². The van der Waals surface area contributed by atoms with Crippen LogP contribution >= 0.6 is 23.2 Å². The lowest BCUT2D eigenvalue weighted by atomic mass is 10.1. The molecule has 0 saturated heterocycles. The number of nitrogens with one attached hydrogen (secondary N) is 2. The third kappa shape index (κ3) is 5.10. The predicted molar refractivity (Wildman–Crippen MR) is 117 cm³/mol. The molecule has 0 aliphatic rings. The second kappa shape index (κ2) is 9.33. The van der Waals surface area contributed by atoms with Gasteiger partial charge in [0.25, 0.3) is 0 Å². The van der Waals surface area contributed by atoms with Crippen molar-refractivity contribution >= 4 is 29.2 Å². The highest BCUT2D eigenvalue weighted by Crippen LogP contribution is 2.25. The number of nitrogens with zero attached hydrogens (tertiary/aromatic N) is 5. The largest absolute Gasteiger partial charge is 0.350 e. The number of aromatic nitrogens is 4. The third-order valence-electron chi connectivity index (χ3n) is 4.86. The molecule has 29 heavy (non-hydrogen) atoms. The summed E-state index contributed by atoms with van der Waals surface area (Å²) < 4.78 is 3.78. The highest BCUT2D eigenvalue weighted by molar-refractivity contribution is 6.41. The molecule has 0 aliphatic heterocycles. The molecule has 0 bridgehead atoms. The van der Waals surface area contributed by atoms with E-state index in [0.717, 1.165) is 17.3 Å². The Hall–Kier alpha value is -2.51. The summed E-state index contributed by atoms with van der Waals surface area (Å²) in [6.45, 7) is 4.94. The molecule has 0 saturated carbocycles. The van der Waals surface area contributed by atoms with E-state index in [0.29, 0.717) is 29.2 Å². The zero-order valence-corrected chi connectivity index (χ0v) is 18.5. The Morgan fingerprint density at radius 3 is 2.45 bits per heavy atom. The predicted octanol–water partition coefficient (Wildman–Crippen LogP) is 3.77. The second-order valence-corrected chi connectivity index (χ2v) is 7.62. The van der Waals surface area contributed by atoms with Crippen LogP contribution < -0.4 is 10.6 Å². The summed E-state index contributed by atoms with van der Waals surface area (Å²) in [4.78, 5) is 4.73. The van der Waals surface area contributed by atoms with Crippen molar-refractivity contribution in [2.75, 3.05) is 0 Å². The summed E-state index contributed by atoms with van der Waals surface area (Å²) >= 11 is 12.3. The number of rotatable bonds is 6. The van der Waals surface area contributed by atoms with Crippen molar-refractivity contribution in [1.29, 1.82) is 0 Å². The maximum Gasteiger partial charge on any atom is 0.192 e. The van der Waals surface area contributed by atoms with Gasteiger partial charge in [-0.2, -0.15) is 0 Å². The van der Waals surface area contributed by atoms with E-state index >= 15 is 0 Å². The quantitative estimate of drug-likeness (QED) is 0.458. The molecular formula is C20H25Cl2N7. The van der Waals surface area contributed by atoms with Crippen molar-refractivity contribution < 1.29 is 0 Å². The Morgan fingerprint density at radius 1 is 1.14 bits per heavy atom. The smallest absolute Gasteiger partial charge is 0.192 e. The summed E-state index contributed by atoms with van der Waals surface area (Å²) in [5, 5.41) is 16.1. The van der Waals surface area contributed by atoms with E-state index in [9.17, 15) is 0 Å². The lowest BCUT2D eigenvalue weighted by Gasteiger charge is -2.19. The summed E-state index contributed by atoms with van der Waals surface area (Å²) in [6, 6.07) is 12.1. The Bertz CT molecular complexity index is 992. The highest BCUT2D eigenvalue weighted by atomic mass is 35.5. The number of hydrogen-bond donors (Lipinski definition) is 2. The molecule has 0 spiro atoms. The number of halogens is 2. The van der Waals surface area contributed by atoms with Gasteiger partial charge in [-0.05, 0) is 25.5 Å². The van der Waals surface area contributed by atoms with Gasteiger partial charge in [-0.25, -0.2) is 4.99 Å². The van der Waals surface area contributed by atoms with Crippen molar-refractivity contribution in [3.05, 3.63) is 69.5 Å². The fourth-order valence-electron chi connectivity index (χ4n) is 2.85. The van der Waals surface area contributed by atoms with E-state index in [1.807, 2.05) is 54.4 Å². The van der Waals surface area contributed by atoms with Crippen LogP contribution in [0, 0.1) is 6.92 Å². The molecule has 2 heterocycles. The molecule has 1 unspecified atom stereocenters. The number of guanidine groups is 1. The van der Waals surface area contributed by atoms with Gasteiger partial charge in [-0.1, -0.05) is 53.5 Å². The number of aryl methyl sites for hydroxylation is 1. The Balaban J connectivity index is 1.77. The Kier molecular flexibility index (Phi) is 6.82. The molecule has 0 aliphatic carbocycles. The van der Waals surface area contributed by atoms with Crippen molar-refractivity contribution in [3.8, 4) is 0 Å². The molecule has 2 aromatic heterocycles. The van der Waals surface area contributed by atoms with Crippen LogP contribution in [0.4, 0.5) is 0 Å². The van der Waals surface area contributed by atoms with Crippen LogP contribution in [0.3, 0.4) is 0 Å². The van der Waals surface area contributed by atoms with Gasteiger partial charge in [-0.15, -0.1) is 10.2 Å². The van der Waals surface area contributed by atoms with Gasteiger partial charge in [0.2, 0.25) is 0 Å².